The Morgan fingerprint density at radius 3 is 2.57 bits per heavy atom. The van der Waals surface area contributed by atoms with Crippen LogP contribution in [0.15, 0.2) is 0 Å². The fourth-order valence-electron chi connectivity index (χ4n) is 0.976. The average molecular weight is 199 g/mol. The van der Waals surface area contributed by atoms with Crippen LogP contribution in [-0.4, -0.2) is 32.0 Å². The van der Waals surface area contributed by atoms with Crippen molar-refractivity contribution < 1.29 is 14.7 Å². The number of carboxylic acids is 1. The van der Waals surface area contributed by atoms with E-state index in [1.807, 2.05) is 0 Å². The SMILES string of the molecule is NCc1c(C(=O)O)nnn1CC(N)=O. The van der Waals surface area contributed by atoms with Crippen molar-refractivity contribution in [1.82, 2.24) is 15.0 Å². The van der Waals surface area contributed by atoms with Crippen LogP contribution in [0.2, 0.25) is 0 Å². The molecule has 0 bridgehead atoms. The maximum Gasteiger partial charge on any atom is 0.358 e. The number of carboxylic acid groups (broad SMARTS) is 1. The molecule has 8 nitrogen and oxygen atoms in total. The van der Waals surface area contributed by atoms with Crippen LogP contribution in [0.25, 0.3) is 0 Å². The quantitative estimate of drug-likeness (QED) is 0.508. The largest absolute Gasteiger partial charge is 0.476 e. The number of primary amides is 1. The number of nitrogens with zero attached hydrogens (tertiary/aromatic N) is 3. The Labute approximate surface area is 78.5 Å². The Bertz CT molecular complexity index is 372. The molecule has 1 rings (SSSR count). The minimum Gasteiger partial charge on any atom is -0.476 e. The Hall–Kier alpha value is -1.96. The molecule has 0 spiro atoms. The topological polar surface area (TPSA) is 137 Å². The standard InChI is InChI=1S/C6H9N5O3/c7-1-3-5(6(13)14)9-10-11(3)2-4(8)12/h1-2,7H2,(H2,8,12)(H,13,14). The van der Waals surface area contributed by atoms with Gasteiger partial charge in [0.05, 0.1) is 5.69 Å². The molecule has 14 heavy (non-hydrogen) atoms. The normalized spacial score (nSPS) is 10.1. The Morgan fingerprint density at radius 2 is 2.14 bits per heavy atom. The molecular weight excluding hydrogens is 190 g/mol. The first-order chi connectivity index (χ1) is 6.56. The molecule has 1 amide bonds. The van der Waals surface area contributed by atoms with Crippen molar-refractivity contribution in [2.45, 2.75) is 13.1 Å². The van der Waals surface area contributed by atoms with Gasteiger partial charge in [-0.1, -0.05) is 5.21 Å². The molecule has 0 saturated heterocycles. The Morgan fingerprint density at radius 1 is 1.50 bits per heavy atom. The van der Waals surface area contributed by atoms with Crippen LogP contribution in [0.3, 0.4) is 0 Å². The number of nitrogens with two attached hydrogens (primary N) is 2. The Balaban J connectivity index is 3.07. The van der Waals surface area contributed by atoms with E-state index in [1.54, 1.807) is 0 Å². The summed E-state index contributed by atoms with van der Waals surface area (Å²) in [5, 5.41) is 15.5. The summed E-state index contributed by atoms with van der Waals surface area (Å²) in [5.41, 5.74) is 10.1. The summed E-state index contributed by atoms with van der Waals surface area (Å²) < 4.78 is 1.08. The van der Waals surface area contributed by atoms with E-state index >= 15 is 0 Å². The van der Waals surface area contributed by atoms with Gasteiger partial charge in [0.15, 0.2) is 5.69 Å². The predicted molar refractivity (Wildman–Crippen MR) is 44.1 cm³/mol. The lowest BCUT2D eigenvalue weighted by Crippen LogP contribution is -2.22. The zero-order chi connectivity index (χ0) is 10.7. The monoisotopic (exact) mass is 199 g/mol. The summed E-state index contributed by atoms with van der Waals surface area (Å²) >= 11 is 0. The van der Waals surface area contributed by atoms with Gasteiger partial charge in [0, 0.05) is 6.54 Å². The van der Waals surface area contributed by atoms with Gasteiger partial charge in [-0.05, 0) is 0 Å². The predicted octanol–water partition coefficient (Wildman–Crippen LogP) is -2.08. The molecule has 1 aromatic rings. The van der Waals surface area contributed by atoms with E-state index in [4.69, 9.17) is 16.6 Å². The summed E-state index contributed by atoms with van der Waals surface area (Å²) in [6.45, 7) is -0.297. The molecule has 0 radical (unpaired) electrons. The van der Waals surface area contributed by atoms with Crippen LogP contribution >= 0.6 is 0 Å². The van der Waals surface area contributed by atoms with Crippen LogP contribution in [0.5, 0.6) is 0 Å². The smallest absolute Gasteiger partial charge is 0.358 e. The summed E-state index contributed by atoms with van der Waals surface area (Å²) in [4.78, 5) is 21.2. The first-order valence-electron chi connectivity index (χ1n) is 3.70. The molecule has 0 unspecified atom stereocenters. The molecule has 76 valence electrons. The zero-order valence-corrected chi connectivity index (χ0v) is 7.17. The minimum atomic E-state index is -1.24. The van der Waals surface area contributed by atoms with Crippen LogP contribution < -0.4 is 11.5 Å². The summed E-state index contributed by atoms with van der Waals surface area (Å²) in [6, 6.07) is 0. The fraction of sp³-hybridized carbons (Fsp3) is 0.333. The van der Waals surface area contributed by atoms with E-state index in [2.05, 4.69) is 10.3 Å². The minimum absolute atomic E-state index is 0.0675. The number of carbonyl (C=O) groups excluding carboxylic acids is 1. The van der Waals surface area contributed by atoms with Gasteiger partial charge >= 0.3 is 5.97 Å². The highest BCUT2D eigenvalue weighted by Crippen LogP contribution is 2.03. The second kappa shape index (κ2) is 3.83. The van der Waals surface area contributed by atoms with E-state index in [1.165, 1.54) is 0 Å². The first kappa shape index (κ1) is 10.1. The molecule has 0 aliphatic rings. The second-order valence-corrected chi connectivity index (χ2v) is 2.52. The molecule has 0 aromatic carbocycles. The molecule has 0 aliphatic heterocycles. The van der Waals surface area contributed by atoms with Crippen molar-refractivity contribution in [2.24, 2.45) is 11.5 Å². The molecule has 1 aromatic heterocycles. The highest BCUT2D eigenvalue weighted by molar-refractivity contribution is 5.86. The lowest BCUT2D eigenvalue weighted by atomic mass is 10.3. The molecule has 5 N–H and O–H groups in total. The summed E-state index contributed by atoms with van der Waals surface area (Å²) in [5.74, 6) is -1.87. The molecule has 0 saturated carbocycles. The lowest BCUT2D eigenvalue weighted by molar-refractivity contribution is -0.118. The van der Waals surface area contributed by atoms with Crippen molar-refractivity contribution >= 4 is 11.9 Å². The van der Waals surface area contributed by atoms with Crippen molar-refractivity contribution in [2.75, 3.05) is 0 Å². The van der Waals surface area contributed by atoms with E-state index in [9.17, 15) is 9.59 Å². The number of hydrogen-bond acceptors (Lipinski definition) is 5. The van der Waals surface area contributed by atoms with Crippen LogP contribution in [0, 0.1) is 0 Å². The average Bonchev–Trinajstić information content (AvgIpc) is 2.46. The molecule has 1 heterocycles. The van der Waals surface area contributed by atoms with Gasteiger partial charge in [-0.15, -0.1) is 5.10 Å². The third-order valence-electron chi connectivity index (χ3n) is 1.54. The lowest BCUT2D eigenvalue weighted by Gasteiger charge is -2.00. The first-order valence-corrected chi connectivity index (χ1v) is 3.70. The highest BCUT2D eigenvalue weighted by Gasteiger charge is 2.18. The van der Waals surface area contributed by atoms with Crippen molar-refractivity contribution in [3.05, 3.63) is 11.4 Å². The van der Waals surface area contributed by atoms with Crippen molar-refractivity contribution in [3.63, 3.8) is 0 Å². The van der Waals surface area contributed by atoms with Crippen molar-refractivity contribution in [1.29, 1.82) is 0 Å². The van der Waals surface area contributed by atoms with Gasteiger partial charge in [-0.3, -0.25) is 4.79 Å². The van der Waals surface area contributed by atoms with Crippen LogP contribution in [0.4, 0.5) is 0 Å². The Kier molecular flexibility index (Phi) is 2.77. The number of amides is 1. The summed E-state index contributed by atoms with van der Waals surface area (Å²) in [7, 11) is 0. The zero-order valence-electron chi connectivity index (χ0n) is 7.17. The van der Waals surface area contributed by atoms with Gasteiger partial charge in [0.1, 0.15) is 6.54 Å². The van der Waals surface area contributed by atoms with E-state index < -0.39 is 11.9 Å². The van der Waals surface area contributed by atoms with Gasteiger partial charge in [0.2, 0.25) is 5.91 Å². The second-order valence-electron chi connectivity index (χ2n) is 2.52. The van der Waals surface area contributed by atoms with Gasteiger partial charge in [-0.2, -0.15) is 0 Å². The van der Waals surface area contributed by atoms with Crippen molar-refractivity contribution in [3.8, 4) is 0 Å². The number of aromatic carboxylic acids is 1. The van der Waals surface area contributed by atoms with Gasteiger partial charge in [0.25, 0.3) is 0 Å². The van der Waals surface area contributed by atoms with E-state index in [-0.39, 0.29) is 24.5 Å². The number of hydrogen-bond donors (Lipinski definition) is 3. The van der Waals surface area contributed by atoms with Crippen LogP contribution in [-0.2, 0) is 17.9 Å². The fourth-order valence-corrected chi connectivity index (χ4v) is 0.976. The highest BCUT2D eigenvalue weighted by atomic mass is 16.4. The number of carbonyl (C=O) groups is 2. The molecule has 0 atom stereocenters. The van der Waals surface area contributed by atoms with Crippen LogP contribution in [0.1, 0.15) is 16.2 Å². The summed E-state index contributed by atoms with van der Waals surface area (Å²) in [6.07, 6.45) is 0. The van der Waals surface area contributed by atoms with Gasteiger partial charge in [-0.25, -0.2) is 9.48 Å². The van der Waals surface area contributed by atoms with Gasteiger partial charge < -0.3 is 16.6 Å². The molecule has 8 heteroatoms. The van der Waals surface area contributed by atoms with E-state index in [0.29, 0.717) is 0 Å². The number of aromatic nitrogens is 3. The third kappa shape index (κ3) is 1.85. The van der Waals surface area contributed by atoms with E-state index in [0.717, 1.165) is 4.68 Å². The number of rotatable bonds is 4. The maximum atomic E-state index is 10.6. The molecule has 0 fully saturated rings. The molecule has 0 aliphatic carbocycles. The third-order valence-corrected chi connectivity index (χ3v) is 1.54. The maximum absolute atomic E-state index is 10.6. The molecular formula is C6H9N5O3.